The van der Waals surface area contributed by atoms with Crippen molar-refractivity contribution in [1.82, 2.24) is 4.81 Å². The summed E-state index contributed by atoms with van der Waals surface area (Å²) in [5.41, 5.74) is 4.29. The Kier molecular flexibility index (Phi) is 6.42. The van der Waals surface area contributed by atoms with Crippen LogP contribution in [0.15, 0.2) is 133 Å². The summed E-state index contributed by atoms with van der Waals surface area (Å²) in [4.78, 5) is 2.60. The van der Waals surface area contributed by atoms with Crippen LogP contribution in [-0.2, 0) is 16.8 Å². The molecule has 1 aliphatic rings. The lowest BCUT2D eigenvalue weighted by atomic mass is 9.70. The number of benzene rings is 5. The fraction of sp³-hybridized carbons (Fsp3) is 0.176. The molecule has 5 aromatic rings. The van der Waals surface area contributed by atoms with Gasteiger partial charge in [0.05, 0.1) is 0 Å². The minimum absolute atomic E-state index is 0.112. The second-order valence-corrected chi connectivity index (χ2v) is 10.3. The van der Waals surface area contributed by atoms with E-state index in [1.54, 1.807) is 0 Å². The molecule has 1 atom stereocenters. The third-order valence-electron chi connectivity index (χ3n) is 7.73. The van der Waals surface area contributed by atoms with Gasteiger partial charge in [-0.1, -0.05) is 147 Å². The molecule has 0 aliphatic carbocycles. The fourth-order valence-corrected chi connectivity index (χ4v) is 6.25. The Bertz CT molecular complexity index is 1420. The zero-order valence-corrected chi connectivity index (χ0v) is 21.5. The van der Waals surface area contributed by atoms with E-state index in [1.165, 1.54) is 32.9 Å². The number of rotatable bonds is 6. The molecule has 0 saturated carbocycles. The van der Waals surface area contributed by atoms with E-state index in [4.69, 9.17) is 4.65 Å². The van der Waals surface area contributed by atoms with Gasteiger partial charge in [0, 0.05) is 12.6 Å². The summed E-state index contributed by atoms with van der Waals surface area (Å²) in [6.07, 6.45) is 0. The summed E-state index contributed by atoms with van der Waals surface area (Å²) in [6, 6.07) is 47.8. The Morgan fingerprint density at radius 3 is 1.84 bits per heavy atom. The van der Waals surface area contributed by atoms with Crippen molar-refractivity contribution in [3.05, 3.63) is 150 Å². The van der Waals surface area contributed by atoms with Crippen LogP contribution < -0.4 is 5.46 Å². The third kappa shape index (κ3) is 4.19. The second-order valence-electron chi connectivity index (χ2n) is 10.3. The van der Waals surface area contributed by atoms with E-state index in [9.17, 15) is 0 Å². The molecule has 37 heavy (non-hydrogen) atoms. The van der Waals surface area contributed by atoms with Gasteiger partial charge in [0.15, 0.2) is 0 Å². The van der Waals surface area contributed by atoms with Crippen LogP contribution in [0.3, 0.4) is 0 Å². The normalized spacial score (nSPS) is 17.5. The molecule has 1 heterocycles. The molecule has 0 N–H and O–H groups in total. The van der Waals surface area contributed by atoms with Crippen molar-refractivity contribution in [2.75, 3.05) is 0 Å². The second kappa shape index (κ2) is 10.0. The van der Waals surface area contributed by atoms with E-state index >= 15 is 0 Å². The zero-order chi connectivity index (χ0) is 25.2. The van der Waals surface area contributed by atoms with E-state index in [2.05, 4.69) is 152 Å². The van der Waals surface area contributed by atoms with Gasteiger partial charge in [-0.15, -0.1) is 0 Å². The van der Waals surface area contributed by atoms with Gasteiger partial charge in [-0.25, -0.2) is 0 Å². The molecule has 0 radical (unpaired) electrons. The molecule has 3 heteroatoms. The predicted molar refractivity (Wildman–Crippen MR) is 155 cm³/mol. The SMILES string of the molecule is CC(C)[C@H]1N(Cc2cccc3ccccc23)B(c2ccccc2)OC1(c1ccccc1)c1ccccc1. The van der Waals surface area contributed by atoms with Crippen molar-refractivity contribution >= 4 is 23.3 Å². The molecule has 0 aromatic heterocycles. The lowest BCUT2D eigenvalue weighted by Crippen LogP contribution is -2.50. The highest BCUT2D eigenvalue weighted by molar-refractivity contribution is 6.65. The highest BCUT2D eigenvalue weighted by atomic mass is 16.5. The van der Waals surface area contributed by atoms with Crippen LogP contribution in [0.25, 0.3) is 10.8 Å². The maximum atomic E-state index is 7.40. The summed E-state index contributed by atoms with van der Waals surface area (Å²) < 4.78 is 7.40. The van der Waals surface area contributed by atoms with Gasteiger partial charge in [0.25, 0.3) is 0 Å². The fourth-order valence-electron chi connectivity index (χ4n) is 6.25. The maximum absolute atomic E-state index is 7.40. The maximum Gasteiger partial charge on any atom is 0.420 e. The van der Waals surface area contributed by atoms with Gasteiger partial charge in [-0.2, -0.15) is 0 Å². The Labute approximate surface area is 220 Å². The van der Waals surface area contributed by atoms with E-state index < -0.39 is 5.60 Å². The lowest BCUT2D eigenvalue weighted by molar-refractivity contribution is 0.0727. The van der Waals surface area contributed by atoms with Gasteiger partial charge in [0.2, 0.25) is 0 Å². The highest BCUT2D eigenvalue weighted by Gasteiger charge is 2.58. The van der Waals surface area contributed by atoms with Crippen LogP contribution in [0.1, 0.15) is 30.5 Å². The monoisotopic (exact) mass is 481 g/mol. The Morgan fingerprint density at radius 1 is 0.676 bits per heavy atom. The summed E-state index contributed by atoms with van der Waals surface area (Å²) in [6.45, 7) is 5.46. The zero-order valence-electron chi connectivity index (χ0n) is 21.5. The number of hydrogen-bond acceptors (Lipinski definition) is 2. The minimum Gasteiger partial charge on any atom is -0.402 e. The van der Waals surface area contributed by atoms with Crippen LogP contribution in [0.4, 0.5) is 0 Å². The van der Waals surface area contributed by atoms with Crippen LogP contribution >= 0.6 is 0 Å². The van der Waals surface area contributed by atoms with Crippen LogP contribution in [0.5, 0.6) is 0 Å². The van der Waals surface area contributed by atoms with Gasteiger partial charge in [-0.3, -0.25) is 0 Å². The van der Waals surface area contributed by atoms with E-state index in [0.29, 0.717) is 5.92 Å². The molecule has 0 spiro atoms. The molecule has 5 aromatic carbocycles. The molecule has 1 saturated heterocycles. The molecule has 0 bridgehead atoms. The van der Waals surface area contributed by atoms with Gasteiger partial charge < -0.3 is 9.47 Å². The quantitative estimate of drug-likeness (QED) is 0.241. The summed E-state index contributed by atoms with van der Waals surface area (Å²) in [7, 11) is -0.187. The van der Waals surface area contributed by atoms with Crippen LogP contribution in [0, 0.1) is 5.92 Å². The Hall–Kier alpha value is -3.66. The van der Waals surface area contributed by atoms with Crippen LogP contribution in [0.2, 0.25) is 0 Å². The Morgan fingerprint density at radius 2 is 1.22 bits per heavy atom. The molecule has 1 fully saturated rings. The molecule has 0 amide bonds. The lowest BCUT2D eigenvalue weighted by Gasteiger charge is -2.41. The topological polar surface area (TPSA) is 12.5 Å². The molecular weight excluding hydrogens is 449 g/mol. The van der Waals surface area contributed by atoms with Crippen molar-refractivity contribution < 1.29 is 4.65 Å². The van der Waals surface area contributed by atoms with E-state index in [1.807, 2.05) is 0 Å². The van der Waals surface area contributed by atoms with Gasteiger partial charge >= 0.3 is 7.05 Å². The summed E-state index contributed by atoms with van der Waals surface area (Å²) in [5, 5.41) is 2.58. The van der Waals surface area contributed by atoms with Crippen molar-refractivity contribution in [3.63, 3.8) is 0 Å². The van der Waals surface area contributed by atoms with Crippen molar-refractivity contribution in [1.29, 1.82) is 0 Å². The smallest absolute Gasteiger partial charge is 0.402 e. The van der Waals surface area contributed by atoms with Gasteiger partial charge in [-0.05, 0) is 38.8 Å². The summed E-state index contributed by atoms with van der Waals surface area (Å²) in [5.74, 6) is 0.337. The van der Waals surface area contributed by atoms with Crippen molar-refractivity contribution in [2.24, 2.45) is 5.92 Å². The number of fused-ring (bicyclic) bond motifs is 1. The molecule has 1 aliphatic heterocycles. The minimum atomic E-state index is -0.609. The highest BCUT2D eigenvalue weighted by Crippen LogP contribution is 2.48. The third-order valence-corrected chi connectivity index (χ3v) is 7.73. The number of hydrogen-bond donors (Lipinski definition) is 0. The molecule has 6 rings (SSSR count). The summed E-state index contributed by atoms with van der Waals surface area (Å²) >= 11 is 0. The average molecular weight is 481 g/mol. The first-order chi connectivity index (χ1) is 18.2. The molecule has 2 nitrogen and oxygen atoms in total. The first-order valence-corrected chi connectivity index (χ1v) is 13.2. The first-order valence-electron chi connectivity index (χ1n) is 13.2. The van der Waals surface area contributed by atoms with Gasteiger partial charge in [0.1, 0.15) is 5.60 Å². The first kappa shape index (κ1) is 23.7. The standard InChI is InChI=1S/C34H32BNO/c1-26(2)33-34(29-18-6-3-7-19-29,30-20-8-4-9-21-30)37-35(31-22-10-5-11-23-31)36(33)25-28-17-14-16-27-15-12-13-24-32(27)28/h3-24,26,33H,25H2,1-2H3/t33-/m1/s1. The number of nitrogens with zero attached hydrogens (tertiary/aromatic N) is 1. The predicted octanol–water partition coefficient (Wildman–Crippen LogP) is 7.04. The molecule has 0 unspecified atom stereocenters. The van der Waals surface area contributed by atoms with Crippen molar-refractivity contribution in [3.8, 4) is 0 Å². The largest absolute Gasteiger partial charge is 0.420 e. The van der Waals surface area contributed by atoms with E-state index in [-0.39, 0.29) is 13.1 Å². The molecule has 182 valence electrons. The Balaban J connectivity index is 1.58. The van der Waals surface area contributed by atoms with Crippen LogP contribution in [-0.4, -0.2) is 17.9 Å². The average Bonchev–Trinajstić information content (AvgIpc) is 3.31. The van der Waals surface area contributed by atoms with E-state index in [0.717, 1.165) is 6.54 Å². The van der Waals surface area contributed by atoms with Crippen molar-refractivity contribution in [2.45, 2.75) is 32.0 Å². The molecular formula is C34H32BNO.